The third kappa shape index (κ3) is 1.65. The Kier molecular flexibility index (Phi) is 2.36. The molecule has 2 aromatic heterocycles. The molecule has 1 aliphatic rings. The maximum Gasteiger partial charge on any atom is 0.260 e. The second-order valence-corrected chi connectivity index (χ2v) is 3.79. The molecule has 0 aliphatic carbocycles. The molecule has 0 unspecified atom stereocenters. The van der Waals surface area contributed by atoms with Gasteiger partial charge >= 0.3 is 0 Å². The highest BCUT2D eigenvalue weighted by Gasteiger charge is 2.27. The smallest absolute Gasteiger partial charge is 0.260 e. The van der Waals surface area contributed by atoms with Crippen LogP contribution in [0.3, 0.4) is 0 Å². The van der Waals surface area contributed by atoms with Crippen molar-refractivity contribution >= 4 is 17.6 Å². The number of furan rings is 1. The van der Waals surface area contributed by atoms with Crippen LogP contribution in [0.2, 0.25) is 0 Å². The molecule has 2 aromatic rings. The van der Waals surface area contributed by atoms with Gasteiger partial charge in [-0.25, -0.2) is 0 Å². The molecule has 2 amide bonds. The van der Waals surface area contributed by atoms with Gasteiger partial charge < -0.3 is 19.6 Å². The van der Waals surface area contributed by atoms with Crippen LogP contribution in [0.25, 0.3) is 0 Å². The maximum absolute atomic E-state index is 12.0. The topological polar surface area (TPSA) is 97.4 Å². The SMILES string of the molecule is O=C(Nc1ccon1)c1coc2c1C(=O)NCC2. The van der Waals surface area contributed by atoms with Crippen LogP contribution in [0.1, 0.15) is 26.5 Å². The molecule has 0 bridgehead atoms. The molecule has 0 saturated carbocycles. The number of anilines is 1. The zero-order chi connectivity index (χ0) is 12.5. The minimum absolute atomic E-state index is 0.199. The van der Waals surface area contributed by atoms with Crippen LogP contribution in [0, 0.1) is 0 Å². The van der Waals surface area contributed by atoms with Crippen molar-refractivity contribution in [3.63, 3.8) is 0 Å². The van der Waals surface area contributed by atoms with Crippen molar-refractivity contribution in [2.75, 3.05) is 11.9 Å². The van der Waals surface area contributed by atoms with Gasteiger partial charge in [0.25, 0.3) is 11.8 Å². The largest absolute Gasteiger partial charge is 0.468 e. The Bertz CT molecular complexity index is 600. The molecule has 0 saturated heterocycles. The lowest BCUT2D eigenvalue weighted by molar-refractivity contribution is 0.0931. The lowest BCUT2D eigenvalue weighted by Crippen LogP contribution is -2.32. The first-order valence-corrected chi connectivity index (χ1v) is 5.36. The molecule has 0 radical (unpaired) electrons. The summed E-state index contributed by atoms with van der Waals surface area (Å²) in [5, 5.41) is 8.74. The number of aromatic nitrogens is 1. The zero-order valence-electron chi connectivity index (χ0n) is 9.23. The quantitative estimate of drug-likeness (QED) is 0.818. The Labute approximate surface area is 101 Å². The van der Waals surface area contributed by atoms with Crippen LogP contribution < -0.4 is 10.6 Å². The van der Waals surface area contributed by atoms with E-state index in [2.05, 4.69) is 20.3 Å². The molecular formula is C11H9N3O4. The van der Waals surface area contributed by atoms with E-state index in [1.165, 1.54) is 18.6 Å². The standard InChI is InChI=1S/C11H9N3O4/c15-10(13-8-2-4-18-14-8)6-5-17-7-1-3-12-11(16)9(6)7/h2,4-5H,1,3H2,(H,12,16)(H,13,14,15). The zero-order valence-corrected chi connectivity index (χ0v) is 9.23. The molecule has 3 rings (SSSR count). The first-order chi connectivity index (χ1) is 8.75. The summed E-state index contributed by atoms with van der Waals surface area (Å²) in [5.41, 5.74) is 0.493. The highest BCUT2D eigenvalue weighted by Crippen LogP contribution is 2.21. The van der Waals surface area contributed by atoms with Gasteiger partial charge in [0.2, 0.25) is 0 Å². The Hall–Kier alpha value is -2.57. The van der Waals surface area contributed by atoms with Crippen LogP contribution in [0.5, 0.6) is 0 Å². The van der Waals surface area contributed by atoms with E-state index in [4.69, 9.17) is 4.42 Å². The number of hydrogen-bond donors (Lipinski definition) is 2. The van der Waals surface area contributed by atoms with Crippen molar-refractivity contribution in [2.24, 2.45) is 0 Å². The Morgan fingerprint density at radius 3 is 3.17 bits per heavy atom. The maximum atomic E-state index is 12.0. The van der Waals surface area contributed by atoms with E-state index >= 15 is 0 Å². The molecule has 0 spiro atoms. The van der Waals surface area contributed by atoms with E-state index in [-0.39, 0.29) is 17.3 Å². The molecular weight excluding hydrogens is 238 g/mol. The number of fused-ring (bicyclic) bond motifs is 1. The molecule has 7 heteroatoms. The summed E-state index contributed by atoms with van der Waals surface area (Å²) < 4.78 is 9.83. The Morgan fingerprint density at radius 1 is 1.50 bits per heavy atom. The number of nitrogens with one attached hydrogen (secondary N) is 2. The average molecular weight is 247 g/mol. The predicted octanol–water partition coefficient (Wildman–Crippen LogP) is 0.806. The number of rotatable bonds is 2. The van der Waals surface area contributed by atoms with Gasteiger partial charge in [0.15, 0.2) is 5.82 Å². The van der Waals surface area contributed by atoms with Gasteiger partial charge in [-0.05, 0) is 0 Å². The second kappa shape index (κ2) is 4.02. The third-order valence-electron chi connectivity index (χ3n) is 2.66. The number of carbonyl (C=O) groups is 2. The van der Waals surface area contributed by atoms with E-state index in [0.29, 0.717) is 24.3 Å². The minimum atomic E-state index is -0.453. The molecule has 0 atom stereocenters. The molecule has 18 heavy (non-hydrogen) atoms. The van der Waals surface area contributed by atoms with E-state index in [0.717, 1.165) is 0 Å². The van der Waals surface area contributed by atoms with Gasteiger partial charge in [0.05, 0.1) is 11.1 Å². The Morgan fingerprint density at radius 2 is 2.39 bits per heavy atom. The van der Waals surface area contributed by atoms with Crippen molar-refractivity contribution in [1.82, 2.24) is 10.5 Å². The number of amides is 2. The molecule has 92 valence electrons. The number of nitrogens with zero attached hydrogens (tertiary/aromatic N) is 1. The summed E-state index contributed by atoms with van der Waals surface area (Å²) in [7, 11) is 0. The third-order valence-corrected chi connectivity index (χ3v) is 2.66. The first-order valence-electron chi connectivity index (χ1n) is 5.36. The van der Waals surface area contributed by atoms with Gasteiger partial charge in [-0.1, -0.05) is 5.16 Å². The van der Waals surface area contributed by atoms with Crippen molar-refractivity contribution in [2.45, 2.75) is 6.42 Å². The molecule has 1 aliphatic heterocycles. The highest BCUT2D eigenvalue weighted by atomic mass is 16.5. The van der Waals surface area contributed by atoms with E-state index in [9.17, 15) is 9.59 Å². The summed E-state index contributed by atoms with van der Waals surface area (Å²) in [6.45, 7) is 0.518. The molecule has 7 nitrogen and oxygen atoms in total. The van der Waals surface area contributed by atoms with Crippen molar-refractivity contribution in [1.29, 1.82) is 0 Å². The van der Waals surface area contributed by atoms with Crippen LogP contribution >= 0.6 is 0 Å². The van der Waals surface area contributed by atoms with Gasteiger partial charge in [0.1, 0.15) is 18.3 Å². The first kappa shape index (κ1) is 10.6. The normalized spacial score (nSPS) is 13.9. The Balaban J connectivity index is 1.91. The summed E-state index contributed by atoms with van der Waals surface area (Å²) in [5.74, 6) is 0.0662. The lowest BCUT2D eigenvalue weighted by Gasteiger charge is -2.11. The monoisotopic (exact) mass is 247 g/mol. The van der Waals surface area contributed by atoms with Gasteiger partial charge in [-0.2, -0.15) is 0 Å². The summed E-state index contributed by atoms with van der Waals surface area (Å²) >= 11 is 0. The molecule has 0 aromatic carbocycles. The van der Waals surface area contributed by atoms with E-state index < -0.39 is 5.91 Å². The minimum Gasteiger partial charge on any atom is -0.468 e. The molecule has 0 fully saturated rings. The molecule has 3 heterocycles. The average Bonchev–Trinajstić information content (AvgIpc) is 2.97. The van der Waals surface area contributed by atoms with Crippen LogP contribution in [-0.4, -0.2) is 23.5 Å². The number of carbonyl (C=O) groups excluding carboxylic acids is 2. The fourth-order valence-corrected chi connectivity index (χ4v) is 1.84. The second-order valence-electron chi connectivity index (χ2n) is 3.79. The molecule has 2 N–H and O–H groups in total. The van der Waals surface area contributed by atoms with Crippen LogP contribution in [-0.2, 0) is 6.42 Å². The van der Waals surface area contributed by atoms with Gasteiger partial charge in [-0.3, -0.25) is 9.59 Å². The van der Waals surface area contributed by atoms with Crippen molar-refractivity contribution in [3.8, 4) is 0 Å². The summed E-state index contributed by atoms with van der Waals surface area (Å²) in [6.07, 6.45) is 3.20. The van der Waals surface area contributed by atoms with Crippen molar-refractivity contribution in [3.05, 3.63) is 35.5 Å². The van der Waals surface area contributed by atoms with Crippen LogP contribution in [0.4, 0.5) is 5.82 Å². The van der Waals surface area contributed by atoms with E-state index in [1.807, 2.05) is 0 Å². The summed E-state index contributed by atoms with van der Waals surface area (Å²) in [6, 6.07) is 1.50. The summed E-state index contributed by atoms with van der Waals surface area (Å²) in [4.78, 5) is 23.6. The van der Waals surface area contributed by atoms with Crippen LogP contribution in [0.15, 0.2) is 27.5 Å². The van der Waals surface area contributed by atoms with E-state index in [1.54, 1.807) is 0 Å². The van der Waals surface area contributed by atoms with Gasteiger partial charge in [0, 0.05) is 19.0 Å². The number of hydrogen-bond acceptors (Lipinski definition) is 5. The fourth-order valence-electron chi connectivity index (χ4n) is 1.84. The fraction of sp³-hybridized carbons (Fsp3) is 0.182. The lowest BCUT2D eigenvalue weighted by atomic mass is 10.0. The van der Waals surface area contributed by atoms with Gasteiger partial charge in [-0.15, -0.1) is 0 Å². The predicted molar refractivity (Wildman–Crippen MR) is 59.2 cm³/mol. The highest BCUT2D eigenvalue weighted by molar-refractivity contribution is 6.12. The van der Waals surface area contributed by atoms with Crippen molar-refractivity contribution < 1.29 is 18.5 Å².